The number of nitrogens with zero attached hydrogens (tertiary/aromatic N) is 2. The highest BCUT2D eigenvalue weighted by molar-refractivity contribution is 5.22. The van der Waals surface area contributed by atoms with Crippen LogP contribution in [0, 0.1) is 0 Å². The molecular weight excluding hydrogens is 641 g/mol. The van der Waals surface area contributed by atoms with Crippen molar-refractivity contribution in [3.63, 3.8) is 0 Å². The maximum absolute atomic E-state index is 2.76. The summed E-state index contributed by atoms with van der Waals surface area (Å²) in [6, 6.07) is 22.4. The summed E-state index contributed by atoms with van der Waals surface area (Å²) in [5.41, 5.74) is 4.43. The van der Waals surface area contributed by atoms with Gasteiger partial charge in [-0.2, -0.15) is 0 Å². The lowest BCUT2D eigenvalue weighted by Gasteiger charge is -2.12. The van der Waals surface area contributed by atoms with Crippen molar-refractivity contribution in [1.29, 1.82) is 0 Å². The van der Waals surface area contributed by atoms with Crippen LogP contribution in [0.25, 0.3) is 0 Å². The number of benzene rings is 2. The minimum absolute atomic E-state index is 0.514. The van der Waals surface area contributed by atoms with Crippen molar-refractivity contribution in [2.24, 2.45) is 0 Å². The molecular formula is C51H85N2+. The average molecular weight is 726 g/mol. The van der Waals surface area contributed by atoms with Crippen molar-refractivity contribution in [2.75, 3.05) is 0 Å². The zero-order valence-corrected chi connectivity index (χ0v) is 35.5. The molecule has 2 aromatic carbocycles. The van der Waals surface area contributed by atoms with Crippen LogP contribution in [-0.2, 0) is 25.9 Å². The predicted octanol–water partition coefficient (Wildman–Crippen LogP) is 15.7. The maximum Gasteiger partial charge on any atom is 0.261 e. The number of rotatable bonds is 35. The Morgan fingerprint density at radius 3 is 1.32 bits per heavy atom. The van der Waals surface area contributed by atoms with Crippen molar-refractivity contribution in [3.05, 3.63) is 89.5 Å². The fourth-order valence-electron chi connectivity index (χ4n) is 8.40. The number of aromatic nitrogens is 2. The molecule has 0 spiro atoms. The maximum atomic E-state index is 2.76. The topological polar surface area (TPSA) is 8.81 Å². The Morgan fingerprint density at radius 2 is 0.868 bits per heavy atom. The lowest BCUT2D eigenvalue weighted by molar-refractivity contribution is -0.704. The van der Waals surface area contributed by atoms with Gasteiger partial charge >= 0.3 is 0 Å². The molecule has 1 atom stereocenters. The van der Waals surface area contributed by atoms with Crippen molar-refractivity contribution in [3.8, 4) is 0 Å². The van der Waals surface area contributed by atoms with Gasteiger partial charge in [0.1, 0.15) is 11.9 Å². The summed E-state index contributed by atoms with van der Waals surface area (Å²) in [7, 11) is 0. The second-order valence-electron chi connectivity index (χ2n) is 16.8. The van der Waals surface area contributed by atoms with Gasteiger partial charge in [-0.25, -0.2) is 9.13 Å². The molecule has 3 aromatic rings. The van der Waals surface area contributed by atoms with Gasteiger partial charge in [0, 0.05) is 6.42 Å². The molecule has 0 amide bonds. The fraction of sp³-hybridized carbons (Fsp3) is 0.706. The van der Waals surface area contributed by atoms with E-state index >= 15 is 0 Å². The molecule has 1 aromatic heterocycles. The molecule has 0 saturated carbocycles. The van der Waals surface area contributed by atoms with Gasteiger partial charge in [0.2, 0.25) is 0 Å². The first-order valence-corrected chi connectivity index (χ1v) is 23.4. The molecule has 1 heterocycles. The van der Waals surface area contributed by atoms with Crippen LogP contribution in [0.2, 0.25) is 0 Å². The Hall–Kier alpha value is -2.35. The Labute approximate surface area is 330 Å². The Bertz CT molecular complexity index is 1230. The molecule has 0 N–H and O–H groups in total. The zero-order chi connectivity index (χ0) is 37.4. The third-order valence-electron chi connectivity index (χ3n) is 11.9. The molecule has 3 rings (SSSR count). The Balaban J connectivity index is 1.48. The van der Waals surface area contributed by atoms with Gasteiger partial charge in [-0.3, -0.25) is 0 Å². The smallest absolute Gasteiger partial charge is 0.234 e. The standard InChI is InChI=1S/C51H85N2/c1-4-6-8-10-12-14-16-17-18-19-20-21-23-24-26-28-36-42-52-46-50(44-47(3)49-40-34-31-35-41-49)53(51(52)45-48-38-32-30-33-39-48)43-37-29-27-25-22-15-13-11-9-7-5-2/h30-35,38-41,46-47H,4-29,36-37,42-45H2,1-3H3/q+1. The van der Waals surface area contributed by atoms with Gasteiger partial charge in [-0.05, 0) is 42.7 Å². The monoisotopic (exact) mass is 726 g/mol. The fourth-order valence-corrected chi connectivity index (χ4v) is 8.40. The van der Waals surface area contributed by atoms with Gasteiger partial charge in [0.15, 0.2) is 0 Å². The Kier molecular flexibility index (Phi) is 26.3. The van der Waals surface area contributed by atoms with Crippen LogP contribution in [0.15, 0.2) is 66.9 Å². The van der Waals surface area contributed by atoms with E-state index in [0.29, 0.717) is 5.92 Å². The first kappa shape index (κ1) is 45.0. The third kappa shape index (κ3) is 20.8. The zero-order valence-electron chi connectivity index (χ0n) is 35.5. The molecule has 2 heteroatoms. The number of imidazole rings is 1. The Morgan fingerprint density at radius 1 is 0.472 bits per heavy atom. The van der Waals surface area contributed by atoms with Crippen molar-refractivity contribution in [2.45, 2.75) is 232 Å². The summed E-state index contributed by atoms with van der Waals surface area (Å²) in [5, 5.41) is 0. The molecule has 0 fully saturated rings. The van der Waals surface area contributed by atoms with Gasteiger partial charge in [0.05, 0.1) is 19.5 Å². The molecule has 0 aliphatic carbocycles. The van der Waals surface area contributed by atoms with E-state index in [1.165, 1.54) is 202 Å². The van der Waals surface area contributed by atoms with E-state index in [1.807, 2.05) is 0 Å². The summed E-state index contributed by atoms with van der Waals surface area (Å²) in [4.78, 5) is 0. The molecule has 0 bridgehead atoms. The van der Waals surface area contributed by atoms with Crippen LogP contribution in [-0.4, -0.2) is 4.57 Å². The number of aryl methyl sites for hydroxylation is 1. The molecule has 2 nitrogen and oxygen atoms in total. The molecule has 53 heavy (non-hydrogen) atoms. The van der Waals surface area contributed by atoms with Crippen molar-refractivity contribution >= 4 is 0 Å². The minimum Gasteiger partial charge on any atom is -0.234 e. The minimum atomic E-state index is 0.514. The number of hydrogen-bond acceptors (Lipinski definition) is 0. The lowest BCUT2D eigenvalue weighted by Crippen LogP contribution is -2.37. The number of hydrogen-bond donors (Lipinski definition) is 0. The predicted molar refractivity (Wildman–Crippen MR) is 233 cm³/mol. The van der Waals surface area contributed by atoms with Crippen LogP contribution in [0.1, 0.15) is 229 Å². The first-order valence-electron chi connectivity index (χ1n) is 23.4. The van der Waals surface area contributed by atoms with Gasteiger partial charge in [-0.1, -0.05) is 236 Å². The quantitative estimate of drug-likeness (QED) is 0.0422. The van der Waals surface area contributed by atoms with Crippen LogP contribution < -0.4 is 4.57 Å². The van der Waals surface area contributed by atoms with Crippen LogP contribution in [0.4, 0.5) is 0 Å². The summed E-state index contributed by atoms with van der Waals surface area (Å²) in [6.07, 6.45) is 44.3. The van der Waals surface area contributed by atoms with E-state index in [9.17, 15) is 0 Å². The van der Waals surface area contributed by atoms with E-state index in [4.69, 9.17) is 0 Å². The van der Waals surface area contributed by atoms with Crippen molar-refractivity contribution in [1.82, 2.24) is 4.57 Å². The molecule has 298 valence electrons. The van der Waals surface area contributed by atoms with Gasteiger partial charge in [0.25, 0.3) is 5.82 Å². The lowest BCUT2D eigenvalue weighted by atomic mass is 9.96. The summed E-state index contributed by atoms with van der Waals surface area (Å²) < 4.78 is 5.43. The molecule has 0 aliphatic heterocycles. The summed E-state index contributed by atoms with van der Waals surface area (Å²) >= 11 is 0. The van der Waals surface area contributed by atoms with E-state index in [2.05, 4.69) is 96.8 Å². The van der Waals surface area contributed by atoms with E-state index in [-0.39, 0.29) is 0 Å². The highest BCUT2D eigenvalue weighted by Crippen LogP contribution is 2.23. The van der Waals surface area contributed by atoms with Crippen molar-refractivity contribution < 1.29 is 4.57 Å². The normalized spacial score (nSPS) is 12.1. The molecule has 0 saturated heterocycles. The van der Waals surface area contributed by atoms with Crippen LogP contribution in [0.3, 0.4) is 0 Å². The van der Waals surface area contributed by atoms with Gasteiger partial charge < -0.3 is 0 Å². The molecule has 1 unspecified atom stereocenters. The average Bonchev–Trinajstić information content (AvgIpc) is 3.50. The molecule has 0 radical (unpaired) electrons. The second kappa shape index (κ2) is 30.9. The van der Waals surface area contributed by atoms with Gasteiger partial charge in [-0.15, -0.1) is 0 Å². The second-order valence-corrected chi connectivity index (χ2v) is 16.8. The van der Waals surface area contributed by atoms with Crippen LogP contribution in [0.5, 0.6) is 0 Å². The SMILES string of the molecule is CCCCCCCCCCCCCCCCCCC[n+]1cc(CC(C)c2ccccc2)n(CCCCCCCCCCCCC)c1Cc1ccccc1. The first-order chi connectivity index (χ1) is 26.2. The third-order valence-corrected chi connectivity index (χ3v) is 11.9. The van der Waals surface area contributed by atoms with E-state index in [1.54, 1.807) is 0 Å². The summed E-state index contributed by atoms with van der Waals surface area (Å²) in [6.45, 7) is 9.35. The molecule has 0 aliphatic rings. The van der Waals surface area contributed by atoms with Crippen LogP contribution >= 0.6 is 0 Å². The van der Waals surface area contributed by atoms with E-state index in [0.717, 1.165) is 25.9 Å². The highest BCUT2D eigenvalue weighted by atomic mass is 15.2. The number of unbranched alkanes of at least 4 members (excludes halogenated alkanes) is 26. The van der Waals surface area contributed by atoms with E-state index < -0.39 is 0 Å². The summed E-state index contributed by atoms with van der Waals surface area (Å²) in [5.74, 6) is 2.04. The highest BCUT2D eigenvalue weighted by Gasteiger charge is 2.25. The largest absolute Gasteiger partial charge is 0.261 e.